The topological polar surface area (TPSA) is 108 Å². The quantitative estimate of drug-likeness (QED) is 0.542. The Morgan fingerprint density at radius 1 is 1.16 bits per heavy atom. The van der Waals surface area contributed by atoms with Crippen molar-refractivity contribution in [1.82, 2.24) is 19.1 Å². The number of unbranched alkanes of at least 4 members (excludes halogenated alkanes) is 1. The van der Waals surface area contributed by atoms with Crippen LogP contribution in [0.4, 0.5) is 0 Å². The van der Waals surface area contributed by atoms with Crippen LogP contribution in [0.25, 0.3) is 17.2 Å². The molecule has 0 saturated carbocycles. The van der Waals surface area contributed by atoms with Crippen LogP contribution in [0.1, 0.15) is 44.5 Å². The average Bonchev–Trinajstić information content (AvgIpc) is 3.15. The van der Waals surface area contributed by atoms with Crippen LogP contribution in [0.5, 0.6) is 5.75 Å². The number of nitrogens with zero attached hydrogens (tertiary/aromatic N) is 3. The molecule has 0 saturated heterocycles. The molecule has 3 heterocycles. The maximum atomic E-state index is 12.7. The summed E-state index contributed by atoms with van der Waals surface area (Å²) in [6.07, 6.45) is 4.17. The molecule has 3 aromatic rings. The standard InChI is InChI=1S/C23H26N4O5/c1-3-5-11-27-20-19(21(28)25-23(27)30)26(10-4-2)18(24-20)14-32-22(29)16-12-15-8-6-7-9-17(15)31-13-16/h6-9,12H,3-5,10-11,13-14H2,1-2H3,(H,25,28,30). The Bertz CT molecular complexity index is 1300. The number of aromatic nitrogens is 4. The van der Waals surface area contributed by atoms with Crippen molar-refractivity contribution < 1.29 is 14.3 Å². The van der Waals surface area contributed by atoms with Crippen LogP contribution in [0.2, 0.25) is 0 Å². The lowest BCUT2D eigenvalue weighted by molar-refractivity contribution is -0.140. The van der Waals surface area contributed by atoms with E-state index in [-0.39, 0.29) is 13.2 Å². The highest BCUT2D eigenvalue weighted by molar-refractivity contribution is 5.95. The van der Waals surface area contributed by atoms with Crippen LogP contribution in [-0.2, 0) is 29.2 Å². The fourth-order valence-corrected chi connectivity index (χ4v) is 3.77. The second-order valence-corrected chi connectivity index (χ2v) is 7.69. The summed E-state index contributed by atoms with van der Waals surface area (Å²) in [6.45, 7) is 4.97. The number of H-pyrrole nitrogens is 1. The second kappa shape index (κ2) is 9.25. The summed E-state index contributed by atoms with van der Waals surface area (Å²) in [5.41, 5.74) is 0.888. The first kappa shape index (κ1) is 21.6. The van der Waals surface area contributed by atoms with Crippen molar-refractivity contribution in [2.24, 2.45) is 0 Å². The number of carbonyl (C=O) groups is 1. The van der Waals surface area contributed by atoms with E-state index in [1.807, 2.05) is 38.1 Å². The molecular formula is C23H26N4O5. The number of ether oxygens (including phenoxy) is 2. The Morgan fingerprint density at radius 2 is 1.97 bits per heavy atom. The van der Waals surface area contributed by atoms with Crippen LogP contribution in [-0.4, -0.2) is 31.7 Å². The molecule has 0 unspecified atom stereocenters. The van der Waals surface area contributed by atoms with E-state index in [0.717, 1.165) is 30.6 Å². The summed E-state index contributed by atoms with van der Waals surface area (Å²) < 4.78 is 14.4. The summed E-state index contributed by atoms with van der Waals surface area (Å²) >= 11 is 0. The van der Waals surface area contributed by atoms with E-state index in [4.69, 9.17) is 9.47 Å². The molecule has 0 bridgehead atoms. The fourth-order valence-electron chi connectivity index (χ4n) is 3.77. The van der Waals surface area contributed by atoms with Crippen molar-refractivity contribution in [2.45, 2.75) is 52.8 Å². The normalized spacial score (nSPS) is 12.9. The molecule has 0 aliphatic carbocycles. The van der Waals surface area contributed by atoms with Gasteiger partial charge in [0.25, 0.3) is 5.56 Å². The highest BCUT2D eigenvalue weighted by Crippen LogP contribution is 2.26. The van der Waals surface area contributed by atoms with E-state index in [2.05, 4.69) is 9.97 Å². The molecule has 1 aliphatic heterocycles. The van der Waals surface area contributed by atoms with Gasteiger partial charge in [-0.3, -0.25) is 14.3 Å². The van der Waals surface area contributed by atoms with Gasteiger partial charge in [-0.2, -0.15) is 0 Å². The lowest BCUT2D eigenvalue weighted by Crippen LogP contribution is -2.31. The zero-order chi connectivity index (χ0) is 22.7. The number of benzene rings is 1. The molecule has 0 spiro atoms. The van der Waals surface area contributed by atoms with Crippen molar-refractivity contribution >= 4 is 23.2 Å². The molecule has 1 aliphatic rings. The zero-order valence-corrected chi connectivity index (χ0v) is 18.2. The van der Waals surface area contributed by atoms with Crippen LogP contribution in [0, 0.1) is 0 Å². The Hall–Kier alpha value is -3.62. The third-order valence-electron chi connectivity index (χ3n) is 5.37. The lowest BCUT2D eigenvalue weighted by Gasteiger charge is -2.17. The molecule has 9 nitrogen and oxygen atoms in total. The van der Waals surface area contributed by atoms with Gasteiger partial charge in [0.2, 0.25) is 0 Å². The van der Waals surface area contributed by atoms with Gasteiger partial charge in [-0.1, -0.05) is 38.5 Å². The number of hydrogen-bond donors (Lipinski definition) is 1. The van der Waals surface area contributed by atoms with Gasteiger partial charge in [0, 0.05) is 18.7 Å². The SMILES string of the molecule is CCCCn1c(=O)[nH]c(=O)c2c1nc(COC(=O)C1=Cc3ccccc3OC1)n2CCC. The molecule has 1 N–H and O–H groups in total. The zero-order valence-electron chi connectivity index (χ0n) is 18.2. The van der Waals surface area contributed by atoms with Crippen LogP contribution < -0.4 is 16.0 Å². The van der Waals surface area contributed by atoms with Gasteiger partial charge in [0.05, 0.1) is 5.57 Å². The number of fused-ring (bicyclic) bond motifs is 2. The number of aryl methyl sites for hydroxylation is 2. The van der Waals surface area contributed by atoms with Gasteiger partial charge in [-0.15, -0.1) is 0 Å². The molecule has 0 fully saturated rings. The molecule has 1 aromatic carbocycles. The number of imidazole rings is 1. The number of hydrogen-bond acceptors (Lipinski definition) is 6. The number of esters is 1. The predicted octanol–water partition coefficient (Wildman–Crippen LogP) is 2.62. The number of carbonyl (C=O) groups excluding carboxylic acids is 1. The Morgan fingerprint density at radius 3 is 2.75 bits per heavy atom. The first-order valence-electron chi connectivity index (χ1n) is 10.8. The van der Waals surface area contributed by atoms with Crippen LogP contribution in [0.15, 0.2) is 39.4 Å². The summed E-state index contributed by atoms with van der Waals surface area (Å²) in [5, 5.41) is 0. The molecule has 168 valence electrons. The minimum absolute atomic E-state index is 0.117. The van der Waals surface area contributed by atoms with Crippen LogP contribution >= 0.6 is 0 Å². The largest absolute Gasteiger partial charge is 0.488 e. The Kier molecular flexibility index (Phi) is 6.25. The van der Waals surface area contributed by atoms with Crippen molar-refractivity contribution in [1.29, 1.82) is 0 Å². The second-order valence-electron chi connectivity index (χ2n) is 7.69. The fraction of sp³-hybridized carbons (Fsp3) is 0.391. The molecular weight excluding hydrogens is 412 g/mol. The van der Waals surface area contributed by atoms with Crippen LogP contribution in [0.3, 0.4) is 0 Å². The highest BCUT2D eigenvalue weighted by atomic mass is 16.5. The van der Waals surface area contributed by atoms with E-state index in [9.17, 15) is 14.4 Å². The summed E-state index contributed by atoms with van der Waals surface area (Å²) in [7, 11) is 0. The van der Waals surface area contributed by atoms with Gasteiger partial charge in [-0.25, -0.2) is 14.6 Å². The number of aromatic amines is 1. The van der Waals surface area contributed by atoms with E-state index in [1.165, 1.54) is 4.57 Å². The average molecular weight is 438 g/mol. The number of para-hydroxylation sites is 1. The Labute approximate surface area is 184 Å². The summed E-state index contributed by atoms with van der Waals surface area (Å²) in [4.78, 5) is 44.5. The van der Waals surface area contributed by atoms with Crippen molar-refractivity contribution in [3.63, 3.8) is 0 Å². The molecule has 0 amide bonds. The molecule has 4 rings (SSSR count). The summed E-state index contributed by atoms with van der Waals surface area (Å²) in [5.74, 6) is 0.638. The maximum Gasteiger partial charge on any atom is 0.337 e. The Balaban J connectivity index is 1.64. The minimum Gasteiger partial charge on any atom is -0.488 e. The van der Waals surface area contributed by atoms with E-state index in [1.54, 1.807) is 10.6 Å². The van der Waals surface area contributed by atoms with E-state index < -0.39 is 17.2 Å². The number of nitrogens with one attached hydrogen (secondary N) is 1. The molecule has 9 heteroatoms. The van der Waals surface area contributed by atoms with Crippen molar-refractivity contribution in [3.05, 3.63) is 62.1 Å². The molecule has 32 heavy (non-hydrogen) atoms. The van der Waals surface area contributed by atoms with Gasteiger partial charge in [0.1, 0.15) is 24.8 Å². The van der Waals surface area contributed by atoms with Crippen molar-refractivity contribution in [2.75, 3.05) is 6.61 Å². The third kappa shape index (κ3) is 4.10. The first-order chi connectivity index (χ1) is 15.5. The first-order valence-corrected chi connectivity index (χ1v) is 10.8. The van der Waals surface area contributed by atoms with Gasteiger partial charge in [-0.05, 0) is 25.0 Å². The lowest BCUT2D eigenvalue weighted by atomic mass is 10.1. The monoisotopic (exact) mass is 438 g/mol. The number of rotatable bonds is 8. The smallest absolute Gasteiger partial charge is 0.337 e. The van der Waals surface area contributed by atoms with Gasteiger partial charge >= 0.3 is 11.7 Å². The van der Waals surface area contributed by atoms with E-state index >= 15 is 0 Å². The van der Waals surface area contributed by atoms with Gasteiger partial charge in [0.15, 0.2) is 11.2 Å². The third-order valence-corrected chi connectivity index (χ3v) is 5.37. The van der Waals surface area contributed by atoms with Gasteiger partial charge < -0.3 is 14.0 Å². The maximum absolute atomic E-state index is 12.7. The van der Waals surface area contributed by atoms with Crippen molar-refractivity contribution in [3.8, 4) is 5.75 Å². The van der Waals surface area contributed by atoms with E-state index in [0.29, 0.717) is 35.7 Å². The highest BCUT2D eigenvalue weighted by Gasteiger charge is 2.22. The molecule has 0 atom stereocenters. The summed E-state index contributed by atoms with van der Waals surface area (Å²) in [6, 6.07) is 7.45. The predicted molar refractivity (Wildman–Crippen MR) is 120 cm³/mol. The molecule has 2 aromatic heterocycles. The minimum atomic E-state index is -0.508. The molecule has 0 radical (unpaired) electrons.